The van der Waals surface area contributed by atoms with Crippen molar-refractivity contribution in [1.82, 2.24) is 9.88 Å². The van der Waals surface area contributed by atoms with Gasteiger partial charge in [-0.15, -0.1) is 11.3 Å². The maximum Gasteiger partial charge on any atom is 0.275 e. The quantitative estimate of drug-likeness (QED) is 0.661. The van der Waals surface area contributed by atoms with Crippen molar-refractivity contribution in [3.8, 4) is 0 Å². The van der Waals surface area contributed by atoms with Gasteiger partial charge in [0.05, 0.1) is 16.8 Å². The van der Waals surface area contributed by atoms with Crippen molar-refractivity contribution >= 4 is 39.1 Å². The molecule has 3 heterocycles. The lowest BCUT2D eigenvalue weighted by molar-refractivity contribution is -0.127. The summed E-state index contributed by atoms with van der Waals surface area (Å²) >= 11 is 1.63. The van der Waals surface area contributed by atoms with Gasteiger partial charge >= 0.3 is 0 Å². The molecule has 0 saturated heterocycles. The Labute approximate surface area is 180 Å². The van der Waals surface area contributed by atoms with Crippen LogP contribution in [0.5, 0.6) is 0 Å². The lowest BCUT2D eigenvalue weighted by Crippen LogP contribution is -2.65. The van der Waals surface area contributed by atoms with E-state index in [4.69, 9.17) is 0 Å². The molecular weight excluding hydrogens is 394 g/mol. The molecule has 2 aromatic heterocycles. The highest BCUT2D eigenvalue weighted by Crippen LogP contribution is 2.38. The van der Waals surface area contributed by atoms with E-state index in [0.717, 1.165) is 47.2 Å². The van der Waals surface area contributed by atoms with Gasteiger partial charge in [-0.2, -0.15) is 0 Å². The fourth-order valence-corrected chi connectivity index (χ4v) is 5.72. The molecule has 156 valence electrons. The largest absolute Gasteiger partial charge is 0.351 e. The van der Waals surface area contributed by atoms with E-state index in [-0.39, 0.29) is 17.9 Å². The Balaban J connectivity index is 1.63. The van der Waals surface area contributed by atoms with E-state index < -0.39 is 5.54 Å². The van der Waals surface area contributed by atoms with Crippen LogP contribution in [0, 0.1) is 13.8 Å². The van der Waals surface area contributed by atoms with Crippen molar-refractivity contribution in [2.75, 3.05) is 4.90 Å². The first-order valence-corrected chi connectivity index (χ1v) is 11.6. The minimum absolute atomic E-state index is 0.0660. The number of carbonyl (C=O) groups is 2. The van der Waals surface area contributed by atoms with Gasteiger partial charge in [-0.25, -0.2) is 0 Å². The second-order valence-corrected chi connectivity index (χ2v) is 9.87. The van der Waals surface area contributed by atoms with Crippen LogP contribution in [-0.2, 0) is 11.3 Å². The number of carbonyl (C=O) groups excluding carboxylic acids is 2. The van der Waals surface area contributed by atoms with Crippen LogP contribution in [0.3, 0.4) is 0 Å². The Morgan fingerprint density at radius 2 is 1.90 bits per heavy atom. The second-order valence-electron chi connectivity index (χ2n) is 8.92. The molecule has 0 unspecified atom stereocenters. The van der Waals surface area contributed by atoms with E-state index in [2.05, 4.69) is 12.2 Å². The minimum Gasteiger partial charge on any atom is -0.351 e. The van der Waals surface area contributed by atoms with Crippen LogP contribution in [0.4, 0.5) is 5.69 Å². The van der Waals surface area contributed by atoms with Crippen molar-refractivity contribution < 1.29 is 9.59 Å². The summed E-state index contributed by atoms with van der Waals surface area (Å²) in [5, 5.41) is 5.29. The predicted octanol–water partition coefficient (Wildman–Crippen LogP) is 4.80. The highest BCUT2D eigenvalue weighted by molar-refractivity contribution is 7.17. The summed E-state index contributed by atoms with van der Waals surface area (Å²) in [4.78, 5) is 29.1. The number of nitrogens with zero attached hydrogens (tertiary/aromatic N) is 2. The summed E-state index contributed by atoms with van der Waals surface area (Å²) in [6, 6.07) is 10.2. The number of amides is 2. The number of hydrogen-bond donors (Lipinski definition) is 1. The monoisotopic (exact) mass is 421 g/mol. The smallest absolute Gasteiger partial charge is 0.275 e. The SMILES string of the molecule is Cc1ccc(N2C(=O)c3cc4sccc4n3C[C@@]2(C)C(=O)NC2CCCC2)cc1C. The zero-order valence-electron chi connectivity index (χ0n) is 17.7. The average Bonchev–Trinajstić information content (AvgIpc) is 3.43. The van der Waals surface area contributed by atoms with Gasteiger partial charge in [0.25, 0.3) is 5.91 Å². The number of rotatable bonds is 3. The normalized spacial score (nSPS) is 22.0. The zero-order chi connectivity index (χ0) is 21.0. The average molecular weight is 422 g/mol. The van der Waals surface area contributed by atoms with Crippen LogP contribution in [-0.4, -0.2) is 28.0 Å². The summed E-state index contributed by atoms with van der Waals surface area (Å²) < 4.78 is 3.11. The van der Waals surface area contributed by atoms with Crippen LogP contribution in [0.15, 0.2) is 35.7 Å². The Morgan fingerprint density at radius 1 is 1.13 bits per heavy atom. The first-order chi connectivity index (χ1) is 14.4. The molecular formula is C24H27N3O2S. The van der Waals surface area contributed by atoms with Crippen molar-refractivity contribution in [2.45, 2.75) is 64.6 Å². The molecule has 1 aliphatic heterocycles. The predicted molar refractivity (Wildman–Crippen MR) is 121 cm³/mol. The third-order valence-electron chi connectivity index (χ3n) is 6.83. The zero-order valence-corrected chi connectivity index (χ0v) is 18.5. The lowest BCUT2D eigenvalue weighted by Gasteiger charge is -2.44. The van der Waals surface area contributed by atoms with Gasteiger partial charge < -0.3 is 9.88 Å². The van der Waals surface area contributed by atoms with Crippen LogP contribution in [0.1, 0.15) is 54.2 Å². The Bertz CT molecular complexity index is 1150. The topological polar surface area (TPSA) is 54.3 Å². The number of aromatic nitrogens is 1. The standard InChI is InChI=1S/C24H27N3O2S/c1-15-8-9-18(12-16(15)2)27-22(28)20-13-21-19(10-11-30-21)26(20)14-24(27,3)23(29)25-17-6-4-5-7-17/h8-13,17H,4-7,14H2,1-3H3,(H,25,29)/t24-/m0/s1. The molecule has 6 heteroatoms. The van der Waals surface area contributed by atoms with Crippen molar-refractivity contribution in [2.24, 2.45) is 0 Å². The van der Waals surface area contributed by atoms with Crippen LogP contribution in [0.2, 0.25) is 0 Å². The van der Waals surface area contributed by atoms with Gasteiger partial charge in [-0.1, -0.05) is 18.9 Å². The summed E-state index contributed by atoms with van der Waals surface area (Å²) in [7, 11) is 0. The highest BCUT2D eigenvalue weighted by atomic mass is 32.1. The lowest BCUT2D eigenvalue weighted by atomic mass is 9.92. The van der Waals surface area contributed by atoms with Gasteiger partial charge in [0, 0.05) is 11.7 Å². The summed E-state index contributed by atoms with van der Waals surface area (Å²) in [5.74, 6) is -0.180. The second kappa shape index (κ2) is 6.98. The van der Waals surface area contributed by atoms with Crippen molar-refractivity contribution in [3.05, 3.63) is 52.5 Å². The Hall–Kier alpha value is -2.60. The molecule has 0 spiro atoms. The first kappa shape index (κ1) is 19.4. The van der Waals surface area contributed by atoms with Crippen LogP contribution >= 0.6 is 11.3 Å². The molecule has 1 atom stereocenters. The summed E-state index contributed by atoms with van der Waals surface area (Å²) in [5.41, 5.74) is 3.75. The van der Waals surface area contributed by atoms with Crippen molar-refractivity contribution in [3.63, 3.8) is 0 Å². The van der Waals surface area contributed by atoms with E-state index in [9.17, 15) is 9.59 Å². The molecule has 5 nitrogen and oxygen atoms in total. The fraction of sp³-hybridized carbons (Fsp3) is 0.417. The molecule has 1 N–H and O–H groups in total. The molecule has 1 aliphatic carbocycles. The molecule has 1 fully saturated rings. The van der Waals surface area contributed by atoms with E-state index in [0.29, 0.717) is 12.2 Å². The van der Waals surface area contributed by atoms with Gasteiger partial charge in [0.1, 0.15) is 11.2 Å². The number of anilines is 1. The molecule has 5 rings (SSSR count). The maximum atomic E-state index is 13.8. The number of fused-ring (bicyclic) bond motifs is 3. The Kier molecular flexibility index (Phi) is 4.51. The molecule has 1 aromatic carbocycles. The molecule has 0 radical (unpaired) electrons. The van der Waals surface area contributed by atoms with E-state index in [1.807, 2.05) is 54.1 Å². The van der Waals surface area contributed by atoms with Gasteiger partial charge in [0.2, 0.25) is 5.91 Å². The molecule has 0 bridgehead atoms. The summed E-state index contributed by atoms with van der Waals surface area (Å²) in [6.07, 6.45) is 4.34. The van der Waals surface area contributed by atoms with Gasteiger partial charge in [0.15, 0.2) is 0 Å². The van der Waals surface area contributed by atoms with Gasteiger partial charge in [-0.05, 0) is 74.4 Å². The summed E-state index contributed by atoms with van der Waals surface area (Å²) in [6.45, 7) is 6.45. The Morgan fingerprint density at radius 3 is 2.63 bits per heavy atom. The first-order valence-electron chi connectivity index (χ1n) is 10.7. The van der Waals surface area contributed by atoms with Crippen LogP contribution in [0.25, 0.3) is 10.2 Å². The van der Waals surface area contributed by atoms with E-state index in [1.54, 1.807) is 16.2 Å². The van der Waals surface area contributed by atoms with Crippen LogP contribution < -0.4 is 10.2 Å². The maximum absolute atomic E-state index is 13.8. The van der Waals surface area contributed by atoms with E-state index >= 15 is 0 Å². The minimum atomic E-state index is -0.998. The molecule has 2 amide bonds. The number of benzene rings is 1. The third kappa shape index (κ3) is 2.88. The molecule has 3 aromatic rings. The van der Waals surface area contributed by atoms with Gasteiger partial charge in [-0.3, -0.25) is 14.5 Å². The number of aryl methyl sites for hydroxylation is 2. The number of thiophene rings is 1. The van der Waals surface area contributed by atoms with Crippen molar-refractivity contribution in [1.29, 1.82) is 0 Å². The third-order valence-corrected chi connectivity index (χ3v) is 7.69. The highest BCUT2D eigenvalue weighted by Gasteiger charge is 2.49. The fourth-order valence-electron chi connectivity index (χ4n) is 4.89. The van der Waals surface area contributed by atoms with E-state index in [1.165, 1.54) is 5.56 Å². The molecule has 1 saturated carbocycles. The molecule has 30 heavy (non-hydrogen) atoms. The number of hydrogen-bond acceptors (Lipinski definition) is 3. The molecule has 2 aliphatic rings. The number of nitrogens with one attached hydrogen (secondary N) is 1.